The lowest BCUT2D eigenvalue weighted by molar-refractivity contribution is 0.0914. The minimum Gasteiger partial charge on any atom is -0.493 e. The number of methoxy groups -OCH3 is 1. The average molecular weight is 392 g/mol. The summed E-state index contributed by atoms with van der Waals surface area (Å²) in [5.41, 5.74) is 2.91. The number of fused-ring (bicyclic) bond motifs is 1. The van der Waals surface area contributed by atoms with Crippen LogP contribution in [0.25, 0.3) is 11.0 Å². The van der Waals surface area contributed by atoms with Gasteiger partial charge in [0.05, 0.1) is 13.2 Å². The predicted octanol–water partition coefficient (Wildman–Crippen LogP) is 5.17. The quantitative estimate of drug-likeness (QED) is 0.651. The van der Waals surface area contributed by atoms with Crippen LogP contribution < -0.4 is 15.0 Å². The van der Waals surface area contributed by atoms with Gasteiger partial charge in [-0.15, -0.1) is 0 Å². The molecule has 4 rings (SSSR count). The fourth-order valence-corrected chi connectivity index (χ4v) is 4.06. The zero-order valence-corrected chi connectivity index (χ0v) is 17.3. The number of nitrogens with zero attached hydrogens (tertiary/aromatic N) is 1. The second kappa shape index (κ2) is 8.19. The largest absolute Gasteiger partial charge is 0.493 e. The lowest BCUT2D eigenvalue weighted by Crippen LogP contribution is -2.34. The number of amides is 1. The van der Waals surface area contributed by atoms with Gasteiger partial charge in [-0.2, -0.15) is 0 Å². The molecule has 1 aliphatic heterocycles. The number of hydrogen-bond donors (Lipinski definition) is 1. The second-order valence-electron chi connectivity index (χ2n) is 7.97. The molecule has 0 saturated carbocycles. The molecule has 1 aliphatic rings. The van der Waals surface area contributed by atoms with Crippen molar-refractivity contribution in [2.75, 3.05) is 25.1 Å². The summed E-state index contributed by atoms with van der Waals surface area (Å²) in [6.45, 7) is 6.53. The maximum absolute atomic E-state index is 12.7. The summed E-state index contributed by atoms with van der Waals surface area (Å²) in [5, 5.41) is 3.88. The van der Waals surface area contributed by atoms with Crippen LogP contribution in [0.15, 0.2) is 52.9 Å². The topological polar surface area (TPSA) is 54.7 Å². The number of benzene rings is 2. The van der Waals surface area contributed by atoms with Crippen molar-refractivity contribution in [2.45, 2.75) is 32.7 Å². The number of anilines is 1. The van der Waals surface area contributed by atoms with E-state index in [1.54, 1.807) is 13.2 Å². The van der Waals surface area contributed by atoms with Crippen LogP contribution in [0, 0.1) is 5.92 Å². The Kier molecular flexibility index (Phi) is 5.47. The molecule has 29 heavy (non-hydrogen) atoms. The third kappa shape index (κ3) is 4.09. The van der Waals surface area contributed by atoms with Crippen molar-refractivity contribution in [1.82, 2.24) is 5.32 Å². The Hall–Kier alpha value is -2.95. The van der Waals surface area contributed by atoms with Gasteiger partial charge >= 0.3 is 0 Å². The van der Waals surface area contributed by atoms with Crippen LogP contribution in [0.2, 0.25) is 0 Å². The zero-order chi connectivity index (χ0) is 20.4. The molecule has 2 aromatic carbocycles. The average Bonchev–Trinajstić information content (AvgIpc) is 3.18. The standard InChI is InChI=1S/C24H28N2O3/c1-16-6-5-13-26(15-16)20-11-9-18(10-12-20)17(2)25-24(27)22-14-19-7-4-8-21(28-3)23(19)29-22/h4,7-12,14,16-17H,5-6,13,15H2,1-3H3,(H,25,27). The van der Waals surface area contributed by atoms with Crippen LogP contribution in [0.5, 0.6) is 5.75 Å². The van der Waals surface area contributed by atoms with Gasteiger partial charge in [-0.1, -0.05) is 31.2 Å². The molecule has 0 bridgehead atoms. The highest BCUT2D eigenvalue weighted by molar-refractivity contribution is 5.97. The highest BCUT2D eigenvalue weighted by Gasteiger charge is 2.19. The molecule has 2 unspecified atom stereocenters. The number of carbonyl (C=O) groups excluding carboxylic acids is 1. The molecule has 1 amide bonds. The van der Waals surface area contributed by atoms with Crippen LogP contribution in [0.4, 0.5) is 5.69 Å². The van der Waals surface area contributed by atoms with Crippen LogP contribution in [0.3, 0.4) is 0 Å². The van der Waals surface area contributed by atoms with E-state index in [9.17, 15) is 4.79 Å². The highest BCUT2D eigenvalue weighted by Crippen LogP contribution is 2.29. The molecular weight excluding hydrogens is 364 g/mol. The molecule has 0 aliphatic carbocycles. The van der Waals surface area contributed by atoms with E-state index in [1.165, 1.54) is 18.5 Å². The van der Waals surface area contributed by atoms with Crippen molar-refractivity contribution in [2.24, 2.45) is 5.92 Å². The Labute approximate surface area is 171 Å². The fourth-order valence-electron chi connectivity index (χ4n) is 4.06. The van der Waals surface area contributed by atoms with Gasteiger partial charge < -0.3 is 19.4 Å². The van der Waals surface area contributed by atoms with E-state index in [1.807, 2.05) is 25.1 Å². The SMILES string of the molecule is COc1cccc2cc(C(=O)NC(C)c3ccc(N4CCCC(C)C4)cc3)oc12. The number of piperidine rings is 1. The molecule has 0 radical (unpaired) electrons. The fraction of sp³-hybridized carbons (Fsp3) is 0.375. The second-order valence-corrected chi connectivity index (χ2v) is 7.97. The first-order valence-electron chi connectivity index (χ1n) is 10.3. The molecule has 1 aromatic heterocycles. The van der Waals surface area contributed by atoms with E-state index in [0.29, 0.717) is 11.3 Å². The summed E-state index contributed by atoms with van der Waals surface area (Å²) < 4.78 is 11.1. The Morgan fingerprint density at radius 2 is 2.03 bits per heavy atom. The van der Waals surface area contributed by atoms with E-state index in [-0.39, 0.29) is 17.7 Å². The van der Waals surface area contributed by atoms with Gasteiger partial charge in [-0.3, -0.25) is 4.79 Å². The monoisotopic (exact) mass is 392 g/mol. The number of hydrogen-bond acceptors (Lipinski definition) is 4. The van der Waals surface area contributed by atoms with Crippen LogP contribution in [-0.2, 0) is 0 Å². The van der Waals surface area contributed by atoms with Crippen molar-refractivity contribution in [1.29, 1.82) is 0 Å². The molecule has 2 atom stereocenters. The molecule has 3 aromatic rings. The summed E-state index contributed by atoms with van der Waals surface area (Å²) in [4.78, 5) is 15.1. The van der Waals surface area contributed by atoms with Crippen molar-refractivity contribution < 1.29 is 13.9 Å². The first-order valence-corrected chi connectivity index (χ1v) is 10.3. The van der Waals surface area contributed by atoms with Gasteiger partial charge in [0.1, 0.15) is 0 Å². The lowest BCUT2D eigenvalue weighted by Gasteiger charge is -2.33. The van der Waals surface area contributed by atoms with Crippen LogP contribution >= 0.6 is 0 Å². The number of nitrogens with one attached hydrogen (secondary N) is 1. The normalized spacial score (nSPS) is 17.9. The third-order valence-corrected chi connectivity index (χ3v) is 5.71. The minimum atomic E-state index is -0.232. The summed E-state index contributed by atoms with van der Waals surface area (Å²) in [5.74, 6) is 1.42. The minimum absolute atomic E-state index is 0.119. The summed E-state index contributed by atoms with van der Waals surface area (Å²) in [6.07, 6.45) is 2.56. The Bertz CT molecular complexity index is 993. The Morgan fingerprint density at radius 3 is 2.76 bits per heavy atom. The maximum Gasteiger partial charge on any atom is 0.287 e. The van der Waals surface area contributed by atoms with E-state index < -0.39 is 0 Å². The molecule has 5 heteroatoms. The number of para-hydroxylation sites is 1. The molecule has 1 N–H and O–H groups in total. The van der Waals surface area contributed by atoms with Crippen LogP contribution in [0.1, 0.15) is 48.8 Å². The van der Waals surface area contributed by atoms with Crippen molar-refractivity contribution in [3.05, 3.63) is 59.9 Å². The van der Waals surface area contributed by atoms with E-state index in [2.05, 4.69) is 41.4 Å². The molecule has 152 valence electrons. The highest BCUT2D eigenvalue weighted by atomic mass is 16.5. The lowest BCUT2D eigenvalue weighted by atomic mass is 9.99. The smallest absolute Gasteiger partial charge is 0.287 e. The van der Waals surface area contributed by atoms with Gasteiger partial charge in [-0.05, 0) is 55.5 Å². The molecule has 1 saturated heterocycles. The van der Waals surface area contributed by atoms with Crippen molar-refractivity contribution >= 4 is 22.6 Å². The van der Waals surface area contributed by atoms with Crippen molar-refractivity contribution in [3.63, 3.8) is 0 Å². The van der Waals surface area contributed by atoms with E-state index in [0.717, 1.165) is 30.0 Å². The molecule has 2 heterocycles. The molecule has 5 nitrogen and oxygen atoms in total. The van der Waals surface area contributed by atoms with Crippen LogP contribution in [-0.4, -0.2) is 26.1 Å². The summed E-state index contributed by atoms with van der Waals surface area (Å²) >= 11 is 0. The molecule has 0 spiro atoms. The number of carbonyl (C=O) groups is 1. The van der Waals surface area contributed by atoms with Gasteiger partial charge in [0.15, 0.2) is 17.1 Å². The molecular formula is C24H28N2O3. The summed E-state index contributed by atoms with van der Waals surface area (Å²) in [6, 6.07) is 15.7. The zero-order valence-electron chi connectivity index (χ0n) is 17.3. The summed E-state index contributed by atoms with van der Waals surface area (Å²) in [7, 11) is 1.59. The maximum atomic E-state index is 12.7. The number of furan rings is 1. The van der Waals surface area contributed by atoms with Gasteiger partial charge in [0.25, 0.3) is 5.91 Å². The third-order valence-electron chi connectivity index (χ3n) is 5.71. The van der Waals surface area contributed by atoms with E-state index >= 15 is 0 Å². The molecule has 1 fully saturated rings. The van der Waals surface area contributed by atoms with E-state index in [4.69, 9.17) is 9.15 Å². The number of rotatable bonds is 5. The Morgan fingerprint density at radius 1 is 1.24 bits per heavy atom. The first kappa shape index (κ1) is 19.4. The van der Waals surface area contributed by atoms with Gasteiger partial charge in [0, 0.05) is 24.2 Å². The predicted molar refractivity (Wildman–Crippen MR) is 116 cm³/mol. The Balaban J connectivity index is 1.45. The van der Waals surface area contributed by atoms with Crippen molar-refractivity contribution in [3.8, 4) is 5.75 Å². The van der Waals surface area contributed by atoms with Gasteiger partial charge in [-0.25, -0.2) is 0 Å². The van der Waals surface area contributed by atoms with Gasteiger partial charge in [0.2, 0.25) is 0 Å². The first-order chi connectivity index (χ1) is 14.0. The number of ether oxygens (including phenoxy) is 1.